The lowest BCUT2D eigenvalue weighted by Crippen LogP contribution is -2.34. The van der Waals surface area contributed by atoms with Gasteiger partial charge in [0.1, 0.15) is 11.8 Å². The molecule has 0 aliphatic rings. The Hall–Kier alpha value is -1.88. The van der Waals surface area contributed by atoms with Gasteiger partial charge in [0.15, 0.2) is 0 Å². The molecule has 0 heterocycles. The van der Waals surface area contributed by atoms with Crippen molar-refractivity contribution >= 4 is 24.5 Å². The molecule has 0 aliphatic carbocycles. The molecule has 2 rings (SSSR count). The molecule has 0 amide bonds. The lowest BCUT2D eigenvalue weighted by Gasteiger charge is -2.21. The van der Waals surface area contributed by atoms with Gasteiger partial charge in [-0.1, -0.05) is 36.4 Å². The Morgan fingerprint density at radius 2 is 1.91 bits per heavy atom. The number of esters is 1. The third-order valence-corrected chi connectivity index (χ3v) is 4.82. The van der Waals surface area contributed by atoms with Crippen LogP contribution >= 0.6 is 7.75 Å². The number of rotatable bonds is 7. The van der Waals surface area contributed by atoms with Crippen molar-refractivity contribution in [2.75, 3.05) is 13.7 Å². The van der Waals surface area contributed by atoms with Crippen LogP contribution in [0.4, 0.5) is 0 Å². The quantitative estimate of drug-likeness (QED) is 0.615. The van der Waals surface area contributed by atoms with Crippen molar-refractivity contribution in [2.45, 2.75) is 19.9 Å². The molecule has 7 heteroatoms. The van der Waals surface area contributed by atoms with E-state index < -0.39 is 19.8 Å². The van der Waals surface area contributed by atoms with Gasteiger partial charge in [-0.3, -0.25) is 9.32 Å². The van der Waals surface area contributed by atoms with E-state index in [-0.39, 0.29) is 6.61 Å². The zero-order valence-electron chi connectivity index (χ0n) is 13.3. The van der Waals surface area contributed by atoms with Gasteiger partial charge in [0.25, 0.3) is 0 Å². The number of carbonyl (C=O) groups excluding carboxylic acids is 1. The summed E-state index contributed by atoms with van der Waals surface area (Å²) in [5, 5.41) is 4.33. The smallest absolute Gasteiger partial charge is 0.459 e. The van der Waals surface area contributed by atoms with Crippen LogP contribution in [0.2, 0.25) is 0 Å². The molecule has 0 saturated heterocycles. The summed E-state index contributed by atoms with van der Waals surface area (Å²) in [5.41, 5.74) is 0. The van der Waals surface area contributed by atoms with E-state index in [0.29, 0.717) is 5.75 Å². The molecule has 0 bridgehead atoms. The summed E-state index contributed by atoms with van der Waals surface area (Å²) in [4.78, 5) is 11.7. The Kier molecular flexibility index (Phi) is 5.77. The van der Waals surface area contributed by atoms with Gasteiger partial charge in [-0.2, -0.15) is 5.09 Å². The molecule has 1 unspecified atom stereocenters. The van der Waals surface area contributed by atoms with Gasteiger partial charge in [0.05, 0.1) is 6.61 Å². The topological polar surface area (TPSA) is 73.9 Å². The number of hydrogen-bond donors (Lipinski definition) is 1. The molecule has 124 valence electrons. The Morgan fingerprint density at radius 1 is 1.22 bits per heavy atom. The Bertz CT molecular complexity index is 728. The van der Waals surface area contributed by atoms with E-state index in [9.17, 15) is 9.36 Å². The lowest BCUT2D eigenvalue weighted by atomic mass is 10.1. The molecule has 0 fully saturated rings. The lowest BCUT2D eigenvalue weighted by molar-refractivity contribution is -0.144. The third kappa shape index (κ3) is 4.32. The summed E-state index contributed by atoms with van der Waals surface area (Å²) < 4.78 is 28.2. The Labute approximate surface area is 135 Å². The van der Waals surface area contributed by atoms with Gasteiger partial charge >= 0.3 is 13.7 Å². The van der Waals surface area contributed by atoms with Crippen molar-refractivity contribution in [1.29, 1.82) is 0 Å². The number of fused-ring (bicyclic) bond motifs is 1. The fourth-order valence-electron chi connectivity index (χ4n) is 2.08. The SMILES string of the molecule is CCOC(=O)[C@H](C)NP(=O)(OC)Oc1cccc2ccccc12. The number of hydrogen-bond acceptors (Lipinski definition) is 5. The Morgan fingerprint density at radius 3 is 2.61 bits per heavy atom. The molecule has 0 saturated carbocycles. The molecule has 2 aromatic rings. The van der Waals surface area contributed by atoms with Crippen molar-refractivity contribution < 1.29 is 23.1 Å². The molecule has 0 spiro atoms. The molecule has 0 radical (unpaired) electrons. The molecule has 6 nitrogen and oxygen atoms in total. The molecule has 2 aromatic carbocycles. The summed E-state index contributed by atoms with van der Waals surface area (Å²) >= 11 is 0. The summed E-state index contributed by atoms with van der Waals surface area (Å²) in [5.74, 6) is -0.108. The third-order valence-electron chi connectivity index (χ3n) is 3.20. The van der Waals surface area contributed by atoms with Crippen molar-refractivity contribution in [3.63, 3.8) is 0 Å². The predicted octanol–water partition coefficient (Wildman–Crippen LogP) is 3.51. The maximum Gasteiger partial charge on any atom is 0.459 e. The van der Waals surface area contributed by atoms with Gasteiger partial charge < -0.3 is 9.26 Å². The van der Waals surface area contributed by atoms with E-state index in [0.717, 1.165) is 10.8 Å². The number of ether oxygens (including phenoxy) is 1. The largest absolute Gasteiger partial charge is 0.465 e. The van der Waals surface area contributed by atoms with E-state index in [1.54, 1.807) is 19.1 Å². The van der Waals surface area contributed by atoms with Gasteiger partial charge in [-0.25, -0.2) is 4.57 Å². The second-order valence-electron chi connectivity index (χ2n) is 4.85. The maximum absolute atomic E-state index is 12.8. The second kappa shape index (κ2) is 7.59. The molecule has 2 atom stereocenters. The normalized spacial score (nSPS) is 14.9. The average molecular weight is 337 g/mol. The van der Waals surface area contributed by atoms with Gasteiger partial charge in [0, 0.05) is 12.5 Å². The summed E-state index contributed by atoms with van der Waals surface area (Å²) in [6.07, 6.45) is 0. The minimum absolute atomic E-state index is 0.242. The molecule has 0 aromatic heterocycles. The first kappa shape index (κ1) is 17.5. The molecule has 1 N–H and O–H groups in total. The van der Waals surface area contributed by atoms with E-state index in [4.69, 9.17) is 13.8 Å². The van der Waals surface area contributed by atoms with Crippen LogP contribution in [-0.2, 0) is 18.6 Å². The predicted molar refractivity (Wildman–Crippen MR) is 88.4 cm³/mol. The first-order chi connectivity index (χ1) is 11.0. The summed E-state index contributed by atoms with van der Waals surface area (Å²) in [7, 11) is -2.45. The van der Waals surface area contributed by atoms with Crippen LogP contribution in [0.1, 0.15) is 13.8 Å². The van der Waals surface area contributed by atoms with Crippen LogP contribution in [0, 0.1) is 0 Å². The van der Waals surface area contributed by atoms with Gasteiger partial charge in [-0.05, 0) is 25.3 Å². The van der Waals surface area contributed by atoms with E-state index in [1.807, 2.05) is 30.3 Å². The van der Waals surface area contributed by atoms with Crippen LogP contribution < -0.4 is 9.61 Å². The van der Waals surface area contributed by atoms with Gasteiger partial charge in [-0.15, -0.1) is 0 Å². The van der Waals surface area contributed by atoms with Crippen LogP contribution in [0.3, 0.4) is 0 Å². The van der Waals surface area contributed by atoms with Crippen LogP contribution in [0.25, 0.3) is 10.8 Å². The minimum atomic E-state index is -3.71. The highest BCUT2D eigenvalue weighted by atomic mass is 31.2. The van der Waals surface area contributed by atoms with Crippen LogP contribution in [-0.4, -0.2) is 25.7 Å². The molecule has 23 heavy (non-hydrogen) atoms. The minimum Gasteiger partial charge on any atom is -0.465 e. The average Bonchev–Trinajstić information content (AvgIpc) is 2.55. The van der Waals surface area contributed by atoms with Crippen molar-refractivity contribution in [1.82, 2.24) is 5.09 Å². The standard InChI is InChI=1S/C16H20NO5P/c1-4-21-16(18)12(2)17-23(19,20-3)22-15-11-7-9-13-8-5-6-10-14(13)15/h5-12H,4H2,1-3H3,(H,17,19)/t12-,23?/m0/s1. The van der Waals surface area contributed by atoms with Crippen molar-refractivity contribution in [3.05, 3.63) is 42.5 Å². The Balaban J connectivity index is 2.23. The zero-order valence-corrected chi connectivity index (χ0v) is 14.2. The first-order valence-corrected chi connectivity index (χ1v) is 8.81. The highest BCUT2D eigenvalue weighted by Crippen LogP contribution is 2.45. The van der Waals surface area contributed by atoms with E-state index in [1.165, 1.54) is 14.0 Å². The van der Waals surface area contributed by atoms with Crippen LogP contribution in [0.5, 0.6) is 5.75 Å². The van der Waals surface area contributed by atoms with Gasteiger partial charge in [0.2, 0.25) is 0 Å². The van der Waals surface area contributed by atoms with Crippen molar-refractivity contribution in [3.8, 4) is 5.75 Å². The van der Waals surface area contributed by atoms with E-state index >= 15 is 0 Å². The molecule has 0 aliphatic heterocycles. The molecular formula is C16H20NO5P. The van der Waals surface area contributed by atoms with Crippen molar-refractivity contribution in [2.24, 2.45) is 0 Å². The number of nitrogens with one attached hydrogen (secondary N) is 1. The second-order valence-corrected chi connectivity index (χ2v) is 6.65. The number of carbonyl (C=O) groups is 1. The maximum atomic E-state index is 12.8. The fourth-order valence-corrected chi connectivity index (χ4v) is 3.31. The highest BCUT2D eigenvalue weighted by Gasteiger charge is 2.31. The fraction of sp³-hybridized carbons (Fsp3) is 0.312. The van der Waals surface area contributed by atoms with Crippen LogP contribution in [0.15, 0.2) is 42.5 Å². The summed E-state index contributed by atoms with van der Waals surface area (Å²) in [6, 6.07) is 12.2. The zero-order chi connectivity index (χ0) is 16.9. The highest BCUT2D eigenvalue weighted by molar-refractivity contribution is 7.52. The monoisotopic (exact) mass is 337 g/mol. The first-order valence-electron chi connectivity index (χ1n) is 7.26. The van der Waals surface area contributed by atoms with E-state index in [2.05, 4.69) is 5.09 Å². The molecular weight excluding hydrogens is 317 g/mol. The number of benzene rings is 2. The summed E-state index contributed by atoms with van der Waals surface area (Å²) in [6.45, 7) is 3.48.